The van der Waals surface area contributed by atoms with E-state index >= 15 is 0 Å². The molecule has 1 aliphatic carbocycles. The van der Waals surface area contributed by atoms with Crippen LogP contribution in [0.1, 0.15) is 58.5 Å². The molecular weight excluding hydrogens is 419 g/mol. The molecule has 5 rings (SSSR count). The standard InChI is InChI=1S/C22H23FN4O3S/c1-12-9-15(23)5-6-18(12)25-22(28)17-10-19(14-3-4-14)24-21-20(17)13(2)26-27(21)16-7-8-31(29,30)11-16/h5-6,9-10,14,16H,3-4,7-8,11H2,1-2H3,(H,25,28)/t16-/m0/s1. The first-order valence-corrected chi connectivity index (χ1v) is 12.2. The van der Waals surface area contributed by atoms with Crippen LogP contribution in [0, 0.1) is 19.7 Å². The summed E-state index contributed by atoms with van der Waals surface area (Å²) >= 11 is 0. The number of anilines is 1. The van der Waals surface area contributed by atoms with Gasteiger partial charge in [0.15, 0.2) is 15.5 Å². The number of nitrogens with zero attached hydrogens (tertiary/aromatic N) is 3. The number of benzene rings is 1. The van der Waals surface area contributed by atoms with Crippen LogP contribution in [0.3, 0.4) is 0 Å². The van der Waals surface area contributed by atoms with E-state index in [9.17, 15) is 17.6 Å². The molecule has 1 aliphatic heterocycles. The van der Waals surface area contributed by atoms with E-state index in [2.05, 4.69) is 10.4 Å². The molecule has 7 nitrogen and oxygen atoms in total. The largest absolute Gasteiger partial charge is 0.322 e. The summed E-state index contributed by atoms with van der Waals surface area (Å²) in [5, 5.41) is 8.11. The number of pyridine rings is 1. The maximum Gasteiger partial charge on any atom is 0.256 e. The lowest BCUT2D eigenvalue weighted by molar-refractivity contribution is 0.102. The predicted octanol–water partition coefficient (Wildman–Crippen LogP) is 3.68. The molecule has 0 spiro atoms. The highest BCUT2D eigenvalue weighted by atomic mass is 32.2. The van der Waals surface area contributed by atoms with Gasteiger partial charge in [0, 0.05) is 17.3 Å². The van der Waals surface area contributed by atoms with Gasteiger partial charge in [-0.25, -0.2) is 22.5 Å². The Morgan fingerprint density at radius 1 is 1.19 bits per heavy atom. The number of nitrogens with one attached hydrogen (secondary N) is 1. The fourth-order valence-electron chi connectivity index (χ4n) is 4.28. The summed E-state index contributed by atoms with van der Waals surface area (Å²) in [4.78, 5) is 18.1. The molecule has 31 heavy (non-hydrogen) atoms. The number of halogens is 1. The van der Waals surface area contributed by atoms with Crippen LogP contribution in [-0.2, 0) is 9.84 Å². The number of carbonyl (C=O) groups is 1. The van der Waals surface area contributed by atoms with E-state index in [0.29, 0.717) is 45.9 Å². The molecule has 1 aromatic carbocycles. The molecule has 1 atom stereocenters. The molecule has 0 radical (unpaired) electrons. The van der Waals surface area contributed by atoms with Gasteiger partial charge in [-0.05, 0) is 62.9 Å². The molecule has 3 heterocycles. The summed E-state index contributed by atoms with van der Waals surface area (Å²) in [5.41, 5.74) is 3.65. The Morgan fingerprint density at radius 3 is 2.61 bits per heavy atom. The van der Waals surface area contributed by atoms with Gasteiger partial charge in [-0.1, -0.05) is 0 Å². The highest BCUT2D eigenvalue weighted by molar-refractivity contribution is 7.91. The van der Waals surface area contributed by atoms with Crippen LogP contribution in [0.5, 0.6) is 0 Å². The van der Waals surface area contributed by atoms with Crippen LogP contribution in [-0.4, -0.2) is 40.6 Å². The van der Waals surface area contributed by atoms with E-state index < -0.39 is 9.84 Å². The number of sulfone groups is 1. The van der Waals surface area contributed by atoms with E-state index in [1.807, 2.05) is 6.07 Å². The number of carbonyl (C=O) groups excluding carboxylic acids is 1. The third-order valence-electron chi connectivity index (χ3n) is 6.09. The lowest BCUT2D eigenvalue weighted by Gasteiger charge is -2.13. The Kier molecular flexibility index (Phi) is 4.62. The number of hydrogen-bond donors (Lipinski definition) is 1. The van der Waals surface area contributed by atoms with Gasteiger partial charge >= 0.3 is 0 Å². The Morgan fingerprint density at radius 2 is 1.97 bits per heavy atom. The fourth-order valence-corrected chi connectivity index (χ4v) is 5.97. The summed E-state index contributed by atoms with van der Waals surface area (Å²) in [6, 6.07) is 5.76. The maximum atomic E-state index is 13.4. The van der Waals surface area contributed by atoms with Gasteiger partial charge in [0.1, 0.15) is 5.82 Å². The van der Waals surface area contributed by atoms with E-state index in [1.54, 1.807) is 24.6 Å². The molecule has 0 unspecified atom stereocenters. The van der Waals surface area contributed by atoms with Crippen LogP contribution in [0.2, 0.25) is 0 Å². The van der Waals surface area contributed by atoms with Crippen molar-refractivity contribution in [2.75, 3.05) is 16.8 Å². The maximum absolute atomic E-state index is 13.4. The molecule has 2 aliphatic rings. The third kappa shape index (κ3) is 3.71. The molecule has 1 amide bonds. The average molecular weight is 443 g/mol. The zero-order valence-electron chi connectivity index (χ0n) is 17.4. The Bertz CT molecular complexity index is 1330. The van der Waals surface area contributed by atoms with Crippen molar-refractivity contribution >= 4 is 32.5 Å². The minimum atomic E-state index is -3.09. The summed E-state index contributed by atoms with van der Waals surface area (Å²) in [5.74, 6) is -0.196. The number of amides is 1. The van der Waals surface area contributed by atoms with Crippen LogP contribution in [0.25, 0.3) is 11.0 Å². The molecule has 1 saturated heterocycles. The van der Waals surface area contributed by atoms with Gasteiger partial charge in [-0.2, -0.15) is 5.10 Å². The van der Waals surface area contributed by atoms with Gasteiger partial charge in [0.05, 0.1) is 34.2 Å². The lowest BCUT2D eigenvalue weighted by Crippen LogP contribution is -2.16. The van der Waals surface area contributed by atoms with Gasteiger partial charge in [0.2, 0.25) is 0 Å². The Labute approximate surface area is 179 Å². The second-order valence-electron chi connectivity index (χ2n) is 8.57. The van der Waals surface area contributed by atoms with E-state index in [1.165, 1.54) is 12.1 Å². The second kappa shape index (κ2) is 7.12. The SMILES string of the molecule is Cc1cc(F)ccc1NC(=O)c1cc(C2CC2)nc2c1c(C)nn2[C@H]1CCS(=O)(=O)C1. The minimum absolute atomic E-state index is 0.0366. The third-order valence-corrected chi connectivity index (χ3v) is 7.84. The molecule has 2 aromatic heterocycles. The highest BCUT2D eigenvalue weighted by Gasteiger charge is 2.34. The van der Waals surface area contributed by atoms with E-state index in [-0.39, 0.29) is 29.3 Å². The molecule has 0 bridgehead atoms. The average Bonchev–Trinajstić information content (AvgIpc) is 3.43. The Balaban J connectivity index is 1.61. The quantitative estimate of drug-likeness (QED) is 0.665. The topological polar surface area (TPSA) is 93.9 Å². The van der Waals surface area contributed by atoms with Crippen LogP contribution in [0.4, 0.5) is 10.1 Å². The number of aryl methyl sites for hydroxylation is 2. The molecular formula is C22H23FN4O3S. The second-order valence-corrected chi connectivity index (χ2v) is 10.8. The van der Waals surface area contributed by atoms with Gasteiger partial charge in [-0.15, -0.1) is 0 Å². The number of aromatic nitrogens is 3. The number of rotatable bonds is 4. The van der Waals surface area contributed by atoms with Crippen molar-refractivity contribution in [2.45, 2.75) is 45.1 Å². The molecule has 9 heteroatoms. The van der Waals surface area contributed by atoms with Crippen LogP contribution in [0.15, 0.2) is 24.3 Å². The van der Waals surface area contributed by atoms with Gasteiger partial charge in [-0.3, -0.25) is 4.79 Å². The summed E-state index contributed by atoms with van der Waals surface area (Å²) in [7, 11) is -3.09. The predicted molar refractivity (Wildman–Crippen MR) is 116 cm³/mol. The minimum Gasteiger partial charge on any atom is -0.322 e. The van der Waals surface area contributed by atoms with Crippen LogP contribution >= 0.6 is 0 Å². The zero-order valence-corrected chi connectivity index (χ0v) is 18.2. The van der Waals surface area contributed by atoms with Crippen molar-refractivity contribution in [2.24, 2.45) is 0 Å². The molecule has 1 N–H and O–H groups in total. The van der Waals surface area contributed by atoms with Crippen molar-refractivity contribution in [1.29, 1.82) is 0 Å². The number of hydrogen-bond acceptors (Lipinski definition) is 5. The van der Waals surface area contributed by atoms with Crippen molar-refractivity contribution in [3.8, 4) is 0 Å². The normalized spacial score (nSPS) is 20.3. The Hall–Kier alpha value is -2.81. The van der Waals surface area contributed by atoms with Crippen molar-refractivity contribution in [3.63, 3.8) is 0 Å². The molecule has 162 valence electrons. The summed E-state index contributed by atoms with van der Waals surface area (Å²) in [6.07, 6.45) is 2.52. The van der Waals surface area contributed by atoms with Crippen molar-refractivity contribution in [3.05, 3.63) is 52.6 Å². The first-order valence-electron chi connectivity index (χ1n) is 10.4. The molecule has 3 aromatic rings. The van der Waals surface area contributed by atoms with E-state index in [4.69, 9.17) is 4.98 Å². The van der Waals surface area contributed by atoms with Gasteiger partial charge < -0.3 is 5.32 Å². The van der Waals surface area contributed by atoms with Gasteiger partial charge in [0.25, 0.3) is 5.91 Å². The zero-order chi connectivity index (χ0) is 21.9. The fraction of sp³-hybridized carbons (Fsp3) is 0.409. The first-order chi connectivity index (χ1) is 14.7. The monoisotopic (exact) mass is 442 g/mol. The van der Waals surface area contributed by atoms with E-state index in [0.717, 1.165) is 18.5 Å². The lowest BCUT2D eigenvalue weighted by atomic mass is 10.1. The molecule has 1 saturated carbocycles. The smallest absolute Gasteiger partial charge is 0.256 e. The van der Waals surface area contributed by atoms with Crippen LogP contribution < -0.4 is 5.32 Å². The summed E-state index contributed by atoms with van der Waals surface area (Å²) < 4.78 is 39.2. The van der Waals surface area contributed by atoms with Crippen molar-refractivity contribution in [1.82, 2.24) is 14.8 Å². The number of fused-ring (bicyclic) bond motifs is 1. The first kappa shape index (κ1) is 20.1. The molecule has 2 fully saturated rings. The highest BCUT2D eigenvalue weighted by Crippen LogP contribution is 2.41. The van der Waals surface area contributed by atoms with Crippen molar-refractivity contribution < 1.29 is 17.6 Å². The summed E-state index contributed by atoms with van der Waals surface area (Å²) in [6.45, 7) is 3.54.